The fourth-order valence-corrected chi connectivity index (χ4v) is 1.69. The fraction of sp³-hybridized carbons (Fsp3) is 0.500. The predicted molar refractivity (Wildman–Crippen MR) is 50.7 cm³/mol. The number of hydrogen-bond donors (Lipinski definition) is 2. The summed E-state index contributed by atoms with van der Waals surface area (Å²) < 4.78 is 0. The number of carbonyl (C=O) groups is 1. The van der Waals surface area contributed by atoms with Crippen LogP contribution < -0.4 is 5.73 Å². The molecule has 0 amide bonds. The standard InChI is InChI=1S/C8H12N2O2S/c1-5(9)8-10-6(4-13-8)2-3-7(11)12/h4-5H,2-3,9H2,1H3,(H,11,12). The van der Waals surface area contributed by atoms with Crippen molar-refractivity contribution in [2.24, 2.45) is 5.73 Å². The highest BCUT2D eigenvalue weighted by atomic mass is 32.1. The summed E-state index contributed by atoms with van der Waals surface area (Å²) in [6.45, 7) is 1.86. The van der Waals surface area contributed by atoms with Gasteiger partial charge in [0.15, 0.2) is 0 Å². The highest BCUT2D eigenvalue weighted by molar-refractivity contribution is 7.09. The van der Waals surface area contributed by atoms with Crippen molar-refractivity contribution in [2.75, 3.05) is 0 Å². The first-order valence-corrected chi connectivity index (χ1v) is 4.89. The molecule has 13 heavy (non-hydrogen) atoms. The Kier molecular flexibility index (Phi) is 3.39. The third-order valence-electron chi connectivity index (χ3n) is 1.55. The number of carboxylic acids is 1. The lowest BCUT2D eigenvalue weighted by Gasteiger charge is -1.96. The summed E-state index contributed by atoms with van der Waals surface area (Å²) in [5, 5.41) is 11.2. The first kappa shape index (κ1) is 10.1. The van der Waals surface area contributed by atoms with Crippen molar-refractivity contribution in [3.05, 3.63) is 16.1 Å². The summed E-state index contributed by atoms with van der Waals surface area (Å²) in [7, 11) is 0. The number of thiazole rings is 1. The largest absolute Gasteiger partial charge is 0.481 e. The van der Waals surface area contributed by atoms with E-state index in [1.54, 1.807) is 0 Å². The Morgan fingerprint density at radius 2 is 2.54 bits per heavy atom. The molecular weight excluding hydrogens is 188 g/mol. The zero-order valence-electron chi connectivity index (χ0n) is 7.36. The number of aromatic nitrogens is 1. The minimum absolute atomic E-state index is 0.0661. The molecular formula is C8H12N2O2S. The van der Waals surface area contributed by atoms with E-state index in [-0.39, 0.29) is 12.5 Å². The van der Waals surface area contributed by atoms with Crippen LogP contribution in [-0.4, -0.2) is 16.1 Å². The van der Waals surface area contributed by atoms with Gasteiger partial charge < -0.3 is 10.8 Å². The lowest BCUT2D eigenvalue weighted by molar-refractivity contribution is -0.136. The zero-order valence-corrected chi connectivity index (χ0v) is 8.17. The van der Waals surface area contributed by atoms with Gasteiger partial charge in [0, 0.05) is 11.8 Å². The number of carboxylic acid groups (broad SMARTS) is 1. The van der Waals surface area contributed by atoms with Gasteiger partial charge in [-0.25, -0.2) is 4.98 Å². The maximum atomic E-state index is 10.3. The Labute approximate surface area is 80.4 Å². The number of nitrogens with zero attached hydrogens (tertiary/aromatic N) is 1. The first-order valence-electron chi connectivity index (χ1n) is 4.01. The van der Waals surface area contributed by atoms with Crippen LogP contribution in [0.1, 0.15) is 30.1 Å². The third kappa shape index (κ3) is 3.12. The number of rotatable bonds is 4. The lowest BCUT2D eigenvalue weighted by Crippen LogP contribution is -2.04. The fourth-order valence-electron chi connectivity index (χ4n) is 0.882. The normalized spacial score (nSPS) is 12.8. The van der Waals surface area contributed by atoms with E-state index in [2.05, 4.69) is 4.98 Å². The van der Waals surface area contributed by atoms with Crippen LogP contribution in [0.5, 0.6) is 0 Å². The van der Waals surface area contributed by atoms with E-state index in [0.717, 1.165) is 10.7 Å². The molecule has 0 aliphatic heterocycles. The van der Waals surface area contributed by atoms with Crippen molar-refractivity contribution in [3.63, 3.8) is 0 Å². The van der Waals surface area contributed by atoms with Gasteiger partial charge in [0.2, 0.25) is 0 Å². The highest BCUT2D eigenvalue weighted by Gasteiger charge is 2.06. The van der Waals surface area contributed by atoms with E-state index in [1.807, 2.05) is 12.3 Å². The SMILES string of the molecule is CC(N)c1nc(CCC(=O)O)cs1. The molecule has 1 aromatic rings. The summed E-state index contributed by atoms with van der Waals surface area (Å²) in [4.78, 5) is 14.5. The van der Waals surface area contributed by atoms with Crippen molar-refractivity contribution in [3.8, 4) is 0 Å². The first-order chi connectivity index (χ1) is 6.09. The Hall–Kier alpha value is -0.940. The summed E-state index contributed by atoms with van der Waals surface area (Å²) in [6.07, 6.45) is 0.612. The van der Waals surface area contributed by atoms with Gasteiger partial charge in [-0.1, -0.05) is 0 Å². The number of aryl methyl sites for hydroxylation is 1. The average Bonchev–Trinajstić information content (AvgIpc) is 2.48. The molecule has 1 atom stereocenters. The zero-order chi connectivity index (χ0) is 9.84. The van der Waals surface area contributed by atoms with Gasteiger partial charge in [-0.15, -0.1) is 11.3 Å². The number of nitrogens with two attached hydrogens (primary N) is 1. The van der Waals surface area contributed by atoms with Gasteiger partial charge in [0.1, 0.15) is 5.01 Å². The van der Waals surface area contributed by atoms with Gasteiger partial charge in [-0.05, 0) is 6.92 Å². The van der Waals surface area contributed by atoms with Gasteiger partial charge in [-0.3, -0.25) is 4.79 Å². The molecule has 0 fully saturated rings. The van der Waals surface area contributed by atoms with Crippen LogP contribution in [0.4, 0.5) is 0 Å². The topological polar surface area (TPSA) is 76.2 Å². The summed E-state index contributed by atoms with van der Waals surface area (Å²) in [5.74, 6) is -0.796. The number of hydrogen-bond acceptors (Lipinski definition) is 4. The minimum atomic E-state index is -0.796. The molecule has 0 aliphatic carbocycles. The highest BCUT2D eigenvalue weighted by Crippen LogP contribution is 2.16. The average molecular weight is 200 g/mol. The van der Waals surface area contributed by atoms with Crippen molar-refractivity contribution in [1.29, 1.82) is 0 Å². The maximum Gasteiger partial charge on any atom is 0.303 e. The molecule has 1 unspecified atom stereocenters. The second-order valence-corrected chi connectivity index (χ2v) is 3.75. The molecule has 0 saturated carbocycles. The Morgan fingerprint density at radius 1 is 1.85 bits per heavy atom. The van der Waals surface area contributed by atoms with Gasteiger partial charge in [0.05, 0.1) is 18.2 Å². The van der Waals surface area contributed by atoms with E-state index in [4.69, 9.17) is 10.8 Å². The molecule has 1 heterocycles. The van der Waals surface area contributed by atoms with E-state index in [0.29, 0.717) is 6.42 Å². The Morgan fingerprint density at radius 3 is 3.00 bits per heavy atom. The quantitative estimate of drug-likeness (QED) is 0.765. The van der Waals surface area contributed by atoms with Crippen LogP contribution in [0.25, 0.3) is 0 Å². The summed E-state index contributed by atoms with van der Waals surface area (Å²) in [6, 6.07) is -0.0661. The molecule has 5 heteroatoms. The monoisotopic (exact) mass is 200 g/mol. The van der Waals surface area contributed by atoms with E-state index < -0.39 is 5.97 Å². The molecule has 1 rings (SSSR count). The van der Waals surface area contributed by atoms with E-state index >= 15 is 0 Å². The molecule has 1 aromatic heterocycles. The maximum absolute atomic E-state index is 10.3. The third-order valence-corrected chi connectivity index (χ3v) is 2.65. The van der Waals surface area contributed by atoms with E-state index in [1.165, 1.54) is 11.3 Å². The van der Waals surface area contributed by atoms with Gasteiger partial charge in [0.25, 0.3) is 0 Å². The van der Waals surface area contributed by atoms with E-state index in [9.17, 15) is 4.79 Å². The van der Waals surface area contributed by atoms with Crippen LogP contribution in [-0.2, 0) is 11.2 Å². The van der Waals surface area contributed by atoms with Crippen LogP contribution in [0.15, 0.2) is 5.38 Å². The molecule has 0 spiro atoms. The predicted octanol–water partition coefficient (Wildman–Crippen LogP) is 1.18. The van der Waals surface area contributed by atoms with Crippen LogP contribution >= 0.6 is 11.3 Å². The molecule has 0 radical (unpaired) electrons. The van der Waals surface area contributed by atoms with Crippen molar-refractivity contribution in [1.82, 2.24) is 4.98 Å². The second-order valence-electron chi connectivity index (χ2n) is 2.86. The van der Waals surface area contributed by atoms with Crippen LogP contribution in [0, 0.1) is 0 Å². The summed E-state index contributed by atoms with van der Waals surface area (Å²) >= 11 is 1.48. The van der Waals surface area contributed by atoms with Gasteiger partial charge in [-0.2, -0.15) is 0 Å². The molecule has 0 bridgehead atoms. The van der Waals surface area contributed by atoms with Crippen molar-refractivity contribution < 1.29 is 9.90 Å². The second kappa shape index (κ2) is 4.34. The van der Waals surface area contributed by atoms with Gasteiger partial charge >= 0.3 is 5.97 Å². The number of aliphatic carboxylic acids is 1. The lowest BCUT2D eigenvalue weighted by atomic mass is 10.2. The van der Waals surface area contributed by atoms with Crippen molar-refractivity contribution in [2.45, 2.75) is 25.8 Å². The molecule has 4 nitrogen and oxygen atoms in total. The smallest absolute Gasteiger partial charge is 0.303 e. The molecule has 0 saturated heterocycles. The Bertz CT molecular complexity index is 296. The molecule has 0 aromatic carbocycles. The molecule has 3 N–H and O–H groups in total. The molecule has 72 valence electrons. The summed E-state index contributed by atoms with van der Waals surface area (Å²) in [5.41, 5.74) is 6.43. The van der Waals surface area contributed by atoms with Crippen LogP contribution in [0.3, 0.4) is 0 Å². The molecule has 0 aliphatic rings. The van der Waals surface area contributed by atoms with Crippen molar-refractivity contribution >= 4 is 17.3 Å². The minimum Gasteiger partial charge on any atom is -0.481 e. The Balaban J connectivity index is 2.54. The van der Waals surface area contributed by atoms with Crippen LogP contribution in [0.2, 0.25) is 0 Å².